The van der Waals surface area contributed by atoms with Crippen molar-refractivity contribution in [1.29, 1.82) is 0 Å². The minimum absolute atomic E-state index is 0.0438. The predicted molar refractivity (Wildman–Crippen MR) is 72.1 cm³/mol. The van der Waals surface area contributed by atoms with Gasteiger partial charge in [-0.05, 0) is 41.9 Å². The second kappa shape index (κ2) is 6.84. The molecule has 1 aromatic carbocycles. The zero-order valence-corrected chi connectivity index (χ0v) is 12.1. The number of carboxylic acid groups (broad SMARTS) is 1. The summed E-state index contributed by atoms with van der Waals surface area (Å²) in [7, 11) is 0. The molecule has 2 N–H and O–H groups in total. The van der Waals surface area contributed by atoms with Crippen molar-refractivity contribution in [1.82, 2.24) is 5.32 Å². The highest BCUT2D eigenvalue weighted by atomic mass is 32.2. The third kappa shape index (κ3) is 5.66. The first-order valence-electron chi connectivity index (χ1n) is 5.99. The number of rotatable bonds is 5. The molecule has 0 aliphatic carbocycles. The fraction of sp³-hybridized carbons (Fsp3) is 0.385. The molecule has 0 aliphatic heterocycles. The van der Waals surface area contributed by atoms with Crippen LogP contribution in [0.1, 0.15) is 24.2 Å². The molecule has 1 aromatic rings. The largest absolute Gasteiger partial charge is 0.480 e. The number of halogens is 3. The molecule has 1 rings (SSSR count). The smallest absolute Gasteiger partial charge is 0.446 e. The Balaban J connectivity index is 2.77. The lowest BCUT2D eigenvalue weighted by molar-refractivity contribution is -0.140. The van der Waals surface area contributed by atoms with Gasteiger partial charge in [-0.25, -0.2) is 4.79 Å². The third-order valence-electron chi connectivity index (χ3n) is 2.57. The predicted octanol–water partition coefficient (Wildman–Crippen LogP) is 3.14. The lowest BCUT2D eigenvalue weighted by Crippen LogP contribution is -2.44. The molecule has 0 saturated heterocycles. The molecular weight excluding hydrogens is 307 g/mol. The van der Waals surface area contributed by atoms with Gasteiger partial charge in [-0.3, -0.25) is 4.79 Å². The Morgan fingerprint density at radius 1 is 1.19 bits per heavy atom. The van der Waals surface area contributed by atoms with Crippen molar-refractivity contribution in [2.24, 2.45) is 5.92 Å². The zero-order chi connectivity index (χ0) is 16.2. The minimum atomic E-state index is -4.39. The maximum Gasteiger partial charge on any atom is 0.446 e. The molecule has 0 radical (unpaired) electrons. The first-order valence-corrected chi connectivity index (χ1v) is 6.81. The van der Waals surface area contributed by atoms with E-state index in [0.717, 1.165) is 12.1 Å². The molecule has 4 nitrogen and oxygen atoms in total. The summed E-state index contributed by atoms with van der Waals surface area (Å²) in [6.45, 7) is 3.28. The maximum absolute atomic E-state index is 12.2. The Bertz CT molecular complexity index is 514. The fourth-order valence-corrected chi connectivity index (χ4v) is 2.09. The van der Waals surface area contributed by atoms with Crippen molar-refractivity contribution >= 4 is 23.6 Å². The fourth-order valence-electron chi connectivity index (χ4n) is 1.55. The summed E-state index contributed by atoms with van der Waals surface area (Å²) in [6, 6.07) is 3.73. The van der Waals surface area contributed by atoms with Crippen molar-refractivity contribution in [3.8, 4) is 0 Å². The first kappa shape index (κ1) is 17.4. The standard InChI is InChI=1S/C13H14F3NO3S/c1-7(2)10(12(19)20)17-11(18)8-3-5-9(6-4-8)21-13(14,15)16/h3-7,10H,1-2H3,(H,17,18)(H,19,20)/t10-/m1/s1. The van der Waals surface area contributed by atoms with Crippen LogP contribution in [0.15, 0.2) is 29.2 Å². The highest BCUT2D eigenvalue weighted by Crippen LogP contribution is 2.36. The molecule has 116 valence electrons. The average molecular weight is 321 g/mol. The van der Waals surface area contributed by atoms with Crippen LogP contribution in [0.25, 0.3) is 0 Å². The number of hydrogen-bond acceptors (Lipinski definition) is 3. The number of hydrogen-bond donors (Lipinski definition) is 2. The topological polar surface area (TPSA) is 66.4 Å². The van der Waals surface area contributed by atoms with Crippen LogP contribution in [-0.2, 0) is 4.79 Å². The zero-order valence-electron chi connectivity index (χ0n) is 11.3. The number of carbonyl (C=O) groups is 2. The number of carbonyl (C=O) groups excluding carboxylic acids is 1. The first-order chi connectivity index (χ1) is 9.60. The molecule has 0 saturated carbocycles. The Morgan fingerprint density at radius 3 is 2.10 bits per heavy atom. The number of amides is 1. The summed E-state index contributed by atoms with van der Waals surface area (Å²) >= 11 is -0.281. The van der Waals surface area contributed by atoms with Crippen molar-refractivity contribution in [3.63, 3.8) is 0 Å². The average Bonchev–Trinajstić information content (AvgIpc) is 2.33. The van der Waals surface area contributed by atoms with Crippen LogP contribution in [0.5, 0.6) is 0 Å². The highest BCUT2D eigenvalue weighted by molar-refractivity contribution is 8.00. The van der Waals surface area contributed by atoms with Gasteiger partial charge in [0.05, 0.1) is 0 Å². The van der Waals surface area contributed by atoms with E-state index in [1.54, 1.807) is 13.8 Å². The molecule has 0 fully saturated rings. The lowest BCUT2D eigenvalue weighted by atomic mass is 10.0. The second-order valence-electron chi connectivity index (χ2n) is 4.61. The monoisotopic (exact) mass is 321 g/mol. The van der Waals surface area contributed by atoms with Crippen LogP contribution in [0, 0.1) is 5.92 Å². The van der Waals surface area contributed by atoms with E-state index >= 15 is 0 Å². The van der Waals surface area contributed by atoms with Gasteiger partial charge in [0, 0.05) is 10.5 Å². The molecule has 21 heavy (non-hydrogen) atoms. The minimum Gasteiger partial charge on any atom is -0.480 e. The molecule has 8 heteroatoms. The van der Waals surface area contributed by atoms with Crippen LogP contribution < -0.4 is 5.32 Å². The third-order valence-corrected chi connectivity index (χ3v) is 3.31. The van der Waals surface area contributed by atoms with E-state index in [4.69, 9.17) is 5.11 Å². The number of nitrogens with one attached hydrogen (secondary N) is 1. The van der Waals surface area contributed by atoms with E-state index in [-0.39, 0.29) is 28.1 Å². The van der Waals surface area contributed by atoms with E-state index < -0.39 is 23.4 Å². The van der Waals surface area contributed by atoms with Gasteiger partial charge in [-0.2, -0.15) is 13.2 Å². The summed E-state index contributed by atoms with van der Waals surface area (Å²) in [6.07, 6.45) is 0. The van der Waals surface area contributed by atoms with Gasteiger partial charge in [0.15, 0.2) is 0 Å². The van der Waals surface area contributed by atoms with E-state index in [9.17, 15) is 22.8 Å². The molecule has 0 aromatic heterocycles. The van der Waals surface area contributed by atoms with Crippen molar-refractivity contribution in [3.05, 3.63) is 29.8 Å². The molecule has 0 bridgehead atoms. The van der Waals surface area contributed by atoms with E-state index in [1.165, 1.54) is 12.1 Å². The van der Waals surface area contributed by atoms with Crippen LogP contribution in [-0.4, -0.2) is 28.5 Å². The second-order valence-corrected chi connectivity index (χ2v) is 5.74. The summed E-state index contributed by atoms with van der Waals surface area (Å²) < 4.78 is 36.5. The number of carboxylic acids is 1. The van der Waals surface area contributed by atoms with Crippen molar-refractivity contribution in [2.45, 2.75) is 30.3 Å². The number of benzene rings is 1. The van der Waals surface area contributed by atoms with Crippen LogP contribution in [0.2, 0.25) is 0 Å². The molecular formula is C13H14F3NO3S. The maximum atomic E-state index is 12.2. The Morgan fingerprint density at radius 2 is 1.71 bits per heavy atom. The van der Waals surface area contributed by atoms with Gasteiger partial charge < -0.3 is 10.4 Å². The van der Waals surface area contributed by atoms with Gasteiger partial charge in [0.25, 0.3) is 5.91 Å². The van der Waals surface area contributed by atoms with Crippen LogP contribution in [0.4, 0.5) is 13.2 Å². The van der Waals surface area contributed by atoms with Crippen LogP contribution >= 0.6 is 11.8 Å². The van der Waals surface area contributed by atoms with E-state index in [2.05, 4.69) is 5.32 Å². The molecule has 1 amide bonds. The van der Waals surface area contributed by atoms with Gasteiger partial charge in [-0.15, -0.1) is 0 Å². The molecule has 0 unspecified atom stereocenters. The molecule has 0 aliphatic rings. The lowest BCUT2D eigenvalue weighted by Gasteiger charge is -2.17. The van der Waals surface area contributed by atoms with E-state index in [1.807, 2.05) is 0 Å². The summed E-state index contributed by atoms with van der Waals surface area (Å²) in [5, 5.41) is 11.3. The van der Waals surface area contributed by atoms with Crippen LogP contribution in [0.3, 0.4) is 0 Å². The number of aliphatic carboxylic acids is 1. The molecule has 0 heterocycles. The van der Waals surface area contributed by atoms with Gasteiger partial charge in [0.1, 0.15) is 6.04 Å². The normalized spacial score (nSPS) is 13.0. The van der Waals surface area contributed by atoms with E-state index in [0.29, 0.717) is 0 Å². The Kier molecular flexibility index (Phi) is 5.65. The van der Waals surface area contributed by atoms with Gasteiger partial charge in [-0.1, -0.05) is 13.8 Å². The molecule has 0 spiro atoms. The highest BCUT2D eigenvalue weighted by Gasteiger charge is 2.29. The quantitative estimate of drug-likeness (QED) is 0.818. The van der Waals surface area contributed by atoms with Crippen molar-refractivity contribution in [2.75, 3.05) is 0 Å². The summed E-state index contributed by atoms with van der Waals surface area (Å²) in [5.41, 5.74) is -4.29. The number of thioether (sulfide) groups is 1. The number of alkyl halides is 3. The van der Waals surface area contributed by atoms with Gasteiger partial charge in [0.2, 0.25) is 0 Å². The summed E-state index contributed by atoms with van der Waals surface area (Å²) in [5.74, 6) is -2.12. The Hall–Kier alpha value is -1.70. The van der Waals surface area contributed by atoms with Gasteiger partial charge >= 0.3 is 11.5 Å². The SMILES string of the molecule is CC(C)[C@@H](NC(=O)c1ccc(SC(F)(F)F)cc1)C(=O)O. The summed E-state index contributed by atoms with van der Waals surface area (Å²) in [4.78, 5) is 22.8. The van der Waals surface area contributed by atoms with Crippen molar-refractivity contribution < 1.29 is 27.9 Å². The Labute approximate surface area is 123 Å². The molecule has 1 atom stereocenters.